The Morgan fingerprint density at radius 2 is 1.76 bits per heavy atom. The van der Waals surface area contributed by atoms with Crippen LogP contribution in [0.3, 0.4) is 0 Å². The van der Waals surface area contributed by atoms with E-state index < -0.39 is 0 Å². The molecule has 1 fully saturated rings. The highest BCUT2D eigenvalue weighted by molar-refractivity contribution is 7.12. The van der Waals surface area contributed by atoms with Crippen LogP contribution in [0.15, 0.2) is 47.8 Å². The van der Waals surface area contributed by atoms with Crippen LogP contribution in [0.5, 0.6) is 0 Å². The van der Waals surface area contributed by atoms with Crippen LogP contribution in [-0.4, -0.2) is 49.4 Å². The Morgan fingerprint density at radius 1 is 1.00 bits per heavy atom. The molecule has 1 aromatic carbocycles. The molecular formula is C19H23N3O2S. The predicted octanol–water partition coefficient (Wildman–Crippen LogP) is 2.61. The van der Waals surface area contributed by atoms with E-state index in [9.17, 15) is 9.59 Å². The highest BCUT2D eigenvalue weighted by Crippen LogP contribution is 2.16. The first-order valence-corrected chi connectivity index (χ1v) is 9.51. The molecule has 5 nitrogen and oxygen atoms in total. The Bertz CT molecular complexity index is 680. The summed E-state index contributed by atoms with van der Waals surface area (Å²) in [6, 6.07) is 14.0. The first-order valence-electron chi connectivity index (χ1n) is 8.63. The van der Waals surface area contributed by atoms with Crippen molar-refractivity contribution < 1.29 is 9.59 Å². The molecule has 0 spiro atoms. The summed E-state index contributed by atoms with van der Waals surface area (Å²) in [5.41, 5.74) is 1.21. The van der Waals surface area contributed by atoms with Gasteiger partial charge in [-0.25, -0.2) is 0 Å². The highest BCUT2D eigenvalue weighted by atomic mass is 32.1. The Labute approximate surface area is 152 Å². The van der Waals surface area contributed by atoms with Gasteiger partial charge in [0, 0.05) is 44.8 Å². The van der Waals surface area contributed by atoms with E-state index >= 15 is 0 Å². The average molecular weight is 357 g/mol. The Kier molecular flexibility index (Phi) is 6.06. The molecule has 3 rings (SSSR count). The maximum atomic E-state index is 12.3. The molecule has 1 N–H and O–H groups in total. The van der Waals surface area contributed by atoms with Gasteiger partial charge in [-0.1, -0.05) is 24.3 Å². The van der Waals surface area contributed by atoms with E-state index in [1.54, 1.807) is 6.07 Å². The molecule has 0 aliphatic carbocycles. The number of carbonyl (C=O) groups is 2. The van der Waals surface area contributed by atoms with Crippen LogP contribution in [0.4, 0.5) is 5.69 Å². The molecule has 0 bridgehead atoms. The maximum Gasteiger partial charge on any atom is 0.261 e. The number of para-hydroxylation sites is 1. The third-order valence-corrected chi connectivity index (χ3v) is 5.22. The first-order chi connectivity index (χ1) is 12.2. The van der Waals surface area contributed by atoms with Gasteiger partial charge < -0.3 is 15.1 Å². The summed E-state index contributed by atoms with van der Waals surface area (Å²) < 4.78 is 0. The second kappa shape index (κ2) is 8.67. The number of nitrogens with zero attached hydrogens (tertiary/aromatic N) is 2. The summed E-state index contributed by atoms with van der Waals surface area (Å²) in [6.07, 6.45) is 1.16. The third kappa shape index (κ3) is 4.82. The van der Waals surface area contributed by atoms with E-state index in [0.29, 0.717) is 24.3 Å². The van der Waals surface area contributed by atoms with Crippen molar-refractivity contribution in [3.8, 4) is 0 Å². The van der Waals surface area contributed by atoms with Crippen molar-refractivity contribution in [1.29, 1.82) is 0 Å². The van der Waals surface area contributed by atoms with Crippen molar-refractivity contribution in [2.24, 2.45) is 0 Å². The van der Waals surface area contributed by atoms with Gasteiger partial charge in [-0.3, -0.25) is 9.59 Å². The lowest BCUT2D eigenvalue weighted by atomic mass is 10.2. The van der Waals surface area contributed by atoms with Crippen molar-refractivity contribution in [1.82, 2.24) is 10.2 Å². The van der Waals surface area contributed by atoms with Crippen LogP contribution < -0.4 is 10.2 Å². The molecule has 2 heterocycles. The van der Waals surface area contributed by atoms with E-state index in [1.807, 2.05) is 34.5 Å². The lowest BCUT2D eigenvalue weighted by Gasteiger charge is -2.36. The lowest BCUT2D eigenvalue weighted by Crippen LogP contribution is -2.48. The van der Waals surface area contributed by atoms with Crippen LogP contribution >= 0.6 is 11.3 Å². The third-order valence-electron chi connectivity index (χ3n) is 4.35. The van der Waals surface area contributed by atoms with Gasteiger partial charge in [-0.15, -0.1) is 11.3 Å². The van der Waals surface area contributed by atoms with Gasteiger partial charge in [0.1, 0.15) is 0 Å². The number of nitrogens with one attached hydrogen (secondary N) is 1. The van der Waals surface area contributed by atoms with Gasteiger partial charge in [-0.05, 0) is 30.0 Å². The fourth-order valence-corrected chi connectivity index (χ4v) is 3.59. The Hall–Kier alpha value is -2.34. The monoisotopic (exact) mass is 357 g/mol. The standard InChI is InChI=1S/C19H23N3O2S/c23-18(9-4-10-20-19(24)17-8-5-15-25-17)22-13-11-21(12-14-22)16-6-2-1-3-7-16/h1-3,5-8,15H,4,9-14H2,(H,20,24). The molecule has 1 aliphatic heterocycles. The molecule has 25 heavy (non-hydrogen) atoms. The van der Waals surface area contributed by atoms with E-state index in [0.717, 1.165) is 26.2 Å². The molecule has 0 atom stereocenters. The number of hydrogen-bond acceptors (Lipinski definition) is 4. The Morgan fingerprint density at radius 3 is 2.44 bits per heavy atom. The van der Waals surface area contributed by atoms with Gasteiger partial charge in [0.2, 0.25) is 5.91 Å². The average Bonchev–Trinajstić information content (AvgIpc) is 3.21. The molecule has 132 valence electrons. The zero-order chi connectivity index (χ0) is 17.5. The number of hydrogen-bond donors (Lipinski definition) is 1. The molecule has 0 unspecified atom stereocenters. The van der Waals surface area contributed by atoms with E-state index in [-0.39, 0.29) is 11.8 Å². The topological polar surface area (TPSA) is 52.7 Å². The SMILES string of the molecule is O=C(NCCCC(=O)N1CCN(c2ccccc2)CC1)c1cccs1. The van der Waals surface area contributed by atoms with Crippen molar-refractivity contribution in [2.75, 3.05) is 37.6 Å². The zero-order valence-electron chi connectivity index (χ0n) is 14.2. The van der Waals surface area contributed by atoms with E-state index in [4.69, 9.17) is 0 Å². The van der Waals surface area contributed by atoms with Crippen LogP contribution in [0.25, 0.3) is 0 Å². The quantitative estimate of drug-likeness (QED) is 0.809. The minimum absolute atomic E-state index is 0.0566. The van der Waals surface area contributed by atoms with Crippen LogP contribution in [0.2, 0.25) is 0 Å². The fourth-order valence-electron chi connectivity index (χ4n) is 2.95. The van der Waals surface area contributed by atoms with Crippen molar-refractivity contribution >= 4 is 28.8 Å². The molecule has 2 aromatic rings. The summed E-state index contributed by atoms with van der Waals surface area (Å²) in [5.74, 6) is 0.122. The second-order valence-corrected chi connectivity index (χ2v) is 6.99. The molecule has 1 aliphatic rings. The van der Waals surface area contributed by atoms with Crippen LogP contribution in [-0.2, 0) is 4.79 Å². The second-order valence-electron chi connectivity index (χ2n) is 6.04. The number of carbonyl (C=O) groups excluding carboxylic acids is 2. The molecule has 0 saturated carbocycles. The van der Waals surface area contributed by atoms with Crippen molar-refractivity contribution in [3.05, 3.63) is 52.7 Å². The summed E-state index contributed by atoms with van der Waals surface area (Å²) in [5, 5.41) is 4.75. The molecule has 2 amide bonds. The largest absolute Gasteiger partial charge is 0.368 e. The minimum Gasteiger partial charge on any atom is -0.368 e. The maximum absolute atomic E-state index is 12.3. The number of rotatable bonds is 6. The molecule has 1 aromatic heterocycles. The first kappa shape index (κ1) is 17.5. The lowest BCUT2D eigenvalue weighted by molar-refractivity contribution is -0.131. The summed E-state index contributed by atoms with van der Waals surface area (Å²) in [4.78, 5) is 29.1. The number of amides is 2. The van der Waals surface area contributed by atoms with E-state index in [2.05, 4.69) is 22.3 Å². The van der Waals surface area contributed by atoms with Gasteiger partial charge in [0.15, 0.2) is 0 Å². The van der Waals surface area contributed by atoms with Gasteiger partial charge in [-0.2, -0.15) is 0 Å². The smallest absolute Gasteiger partial charge is 0.261 e. The summed E-state index contributed by atoms with van der Waals surface area (Å²) in [6.45, 7) is 3.78. The van der Waals surface area contributed by atoms with Crippen molar-refractivity contribution in [2.45, 2.75) is 12.8 Å². The number of benzene rings is 1. The predicted molar refractivity (Wildman–Crippen MR) is 101 cm³/mol. The summed E-state index contributed by atoms with van der Waals surface area (Å²) in [7, 11) is 0. The van der Waals surface area contributed by atoms with Crippen molar-refractivity contribution in [3.63, 3.8) is 0 Å². The zero-order valence-corrected chi connectivity index (χ0v) is 15.0. The summed E-state index contributed by atoms with van der Waals surface area (Å²) >= 11 is 1.42. The number of anilines is 1. The van der Waals surface area contributed by atoms with Gasteiger partial charge in [0.05, 0.1) is 4.88 Å². The Balaban J connectivity index is 1.35. The normalized spacial score (nSPS) is 14.4. The van der Waals surface area contributed by atoms with Gasteiger partial charge >= 0.3 is 0 Å². The number of thiophene rings is 1. The van der Waals surface area contributed by atoms with E-state index in [1.165, 1.54) is 17.0 Å². The number of piperazine rings is 1. The van der Waals surface area contributed by atoms with Gasteiger partial charge in [0.25, 0.3) is 5.91 Å². The highest BCUT2D eigenvalue weighted by Gasteiger charge is 2.20. The molecule has 1 saturated heterocycles. The molecule has 0 radical (unpaired) electrons. The molecular weight excluding hydrogens is 334 g/mol. The van der Waals surface area contributed by atoms with Crippen LogP contribution in [0.1, 0.15) is 22.5 Å². The fraction of sp³-hybridized carbons (Fsp3) is 0.368. The minimum atomic E-state index is -0.0566. The molecule has 6 heteroatoms. The van der Waals surface area contributed by atoms with Crippen LogP contribution in [0, 0.1) is 0 Å².